The molecule has 1 aromatic carbocycles. The van der Waals surface area contributed by atoms with Crippen LogP contribution in [0.5, 0.6) is 0 Å². The molecule has 3 rings (SSSR count). The maximum atomic E-state index is 13.2. The highest BCUT2D eigenvalue weighted by molar-refractivity contribution is 6.30. The Kier molecular flexibility index (Phi) is 6.94. The van der Waals surface area contributed by atoms with E-state index in [1.807, 2.05) is 12.1 Å². The molecule has 0 bridgehead atoms. The van der Waals surface area contributed by atoms with E-state index >= 15 is 0 Å². The first-order chi connectivity index (χ1) is 14.4. The number of nitrogens with one attached hydrogen (secondary N) is 2. The number of aromatic nitrogens is 2. The minimum absolute atomic E-state index is 0.0271. The zero-order chi connectivity index (χ0) is 21.7. The lowest BCUT2D eigenvalue weighted by Gasteiger charge is -2.36. The number of amides is 2. The summed E-state index contributed by atoms with van der Waals surface area (Å²) >= 11 is 6.02. The van der Waals surface area contributed by atoms with Gasteiger partial charge in [0.2, 0.25) is 0 Å². The molecule has 1 aromatic heterocycles. The van der Waals surface area contributed by atoms with Crippen molar-refractivity contribution in [1.29, 1.82) is 0 Å². The number of hydrogen-bond donors (Lipinski definition) is 2. The fraction of sp³-hybridized carbons (Fsp3) is 0.400. The number of carbonyl (C=O) groups excluding carboxylic acids is 3. The van der Waals surface area contributed by atoms with Crippen LogP contribution in [0.1, 0.15) is 35.8 Å². The Balaban J connectivity index is 1.84. The van der Waals surface area contributed by atoms with Gasteiger partial charge in [-0.25, -0.2) is 14.6 Å². The number of ether oxygens (including phenoxy) is 2. The first kappa shape index (κ1) is 21.6. The molecule has 0 fully saturated rings. The number of benzene rings is 1. The number of H-pyrrole nitrogens is 1. The second kappa shape index (κ2) is 9.62. The van der Waals surface area contributed by atoms with Crippen LogP contribution in [0.2, 0.25) is 5.02 Å². The van der Waals surface area contributed by atoms with E-state index in [-0.39, 0.29) is 12.8 Å². The maximum absolute atomic E-state index is 13.2. The number of carbonyl (C=O) groups is 3. The third kappa shape index (κ3) is 4.73. The minimum Gasteiger partial charge on any atom is -0.469 e. The molecule has 2 heterocycles. The summed E-state index contributed by atoms with van der Waals surface area (Å²) in [7, 11) is 2.49. The standard InChI is InChI=1S/C20H23ClN4O5/c1-29-16(26)8-7-15(19(27)30-2)24-20(28)25-10-9-14-17(23-11-22-14)18(25)12-3-5-13(21)6-4-12/h3-6,11,15,18H,7-10H2,1-2H3,(H,22,23)(H,24,28)/t15-,18+/m1/s1. The van der Waals surface area contributed by atoms with Crippen molar-refractivity contribution in [3.63, 3.8) is 0 Å². The summed E-state index contributed by atoms with van der Waals surface area (Å²) in [5, 5.41) is 3.28. The molecular weight excluding hydrogens is 412 g/mol. The summed E-state index contributed by atoms with van der Waals surface area (Å²) in [6.45, 7) is 0.416. The van der Waals surface area contributed by atoms with Gasteiger partial charge in [0.1, 0.15) is 12.1 Å². The number of aromatic amines is 1. The van der Waals surface area contributed by atoms with Crippen molar-refractivity contribution in [1.82, 2.24) is 20.2 Å². The molecule has 0 aliphatic carbocycles. The van der Waals surface area contributed by atoms with Gasteiger partial charge in [-0.05, 0) is 24.1 Å². The van der Waals surface area contributed by atoms with Crippen LogP contribution in [0.25, 0.3) is 0 Å². The Labute approximate surface area is 178 Å². The lowest BCUT2D eigenvalue weighted by Crippen LogP contribution is -2.51. The van der Waals surface area contributed by atoms with E-state index < -0.39 is 30.1 Å². The van der Waals surface area contributed by atoms with Gasteiger partial charge in [0.25, 0.3) is 0 Å². The molecule has 0 saturated heterocycles. The van der Waals surface area contributed by atoms with E-state index in [2.05, 4.69) is 20.0 Å². The molecule has 0 spiro atoms. The zero-order valence-corrected chi connectivity index (χ0v) is 17.4. The van der Waals surface area contributed by atoms with Crippen LogP contribution in [0.15, 0.2) is 30.6 Å². The number of imidazole rings is 1. The Hall–Kier alpha value is -3.07. The van der Waals surface area contributed by atoms with E-state index in [0.29, 0.717) is 18.0 Å². The molecule has 0 unspecified atom stereocenters. The van der Waals surface area contributed by atoms with Gasteiger partial charge in [-0.15, -0.1) is 0 Å². The highest BCUT2D eigenvalue weighted by Crippen LogP contribution is 2.33. The number of nitrogens with zero attached hydrogens (tertiary/aromatic N) is 2. The molecule has 0 radical (unpaired) electrons. The van der Waals surface area contributed by atoms with Gasteiger partial charge in [0, 0.05) is 30.1 Å². The van der Waals surface area contributed by atoms with Crippen LogP contribution in [-0.4, -0.2) is 59.6 Å². The quantitative estimate of drug-likeness (QED) is 0.674. The molecule has 10 heteroatoms. The maximum Gasteiger partial charge on any atom is 0.328 e. The monoisotopic (exact) mass is 434 g/mol. The fourth-order valence-electron chi connectivity index (χ4n) is 3.47. The van der Waals surface area contributed by atoms with Crippen LogP contribution in [0, 0.1) is 0 Å². The Morgan fingerprint density at radius 1 is 1.27 bits per heavy atom. The molecular formula is C20H23ClN4O5. The van der Waals surface area contributed by atoms with Crippen LogP contribution < -0.4 is 5.32 Å². The van der Waals surface area contributed by atoms with E-state index in [4.69, 9.17) is 16.3 Å². The molecule has 9 nitrogen and oxygen atoms in total. The molecule has 0 saturated carbocycles. The molecule has 2 amide bonds. The molecule has 1 aliphatic heterocycles. The van der Waals surface area contributed by atoms with Crippen molar-refractivity contribution < 1.29 is 23.9 Å². The van der Waals surface area contributed by atoms with Gasteiger partial charge in [-0.1, -0.05) is 23.7 Å². The van der Waals surface area contributed by atoms with Crippen LogP contribution in [0.4, 0.5) is 4.79 Å². The van der Waals surface area contributed by atoms with Crippen LogP contribution >= 0.6 is 11.6 Å². The number of halogens is 1. The SMILES string of the molecule is COC(=O)CC[C@@H](NC(=O)N1CCc2[nH]cnc2[C@@H]1c1ccc(Cl)cc1)C(=O)OC. The lowest BCUT2D eigenvalue weighted by atomic mass is 9.96. The molecule has 2 N–H and O–H groups in total. The van der Waals surface area contributed by atoms with Crippen LogP contribution in [0.3, 0.4) is 0 Å². The summed E-state index contributed by atoms with van der Waals surface area (Å²) in [5.74, 6) is -1.11. The largest absolute Gasteiger partial charge is 0.469 e. The van der Waals surface area contributed by atoms with Crippen molar-refractivity contribution in [2.24, 2.45) is 0 Å². The van der Waals surface area contributed by atoms with E-state index in [9.17, 15) is 14.4 Å². The van der Waals surface area contributed by atoms with Gasteiger partial charge in [-0.3, -0.25) is 4.79 Å². The Bertz CT molecular complexity index is 914. The minimum atomic E-state index is -0.979. The number of urea groups is 1. The van der Waals surface area contributed by atoms with Crippen LogP contribution in [-0.2, 0) is 25.5 Å². The predicted molar refractivity (Wildman–Crippen MR) is 108 cm³/mol. The molecule has 2 atom stereocenters. The fourth-order valence-corrected chi connectivity index (χ4v) is 3.59. The van der Waals surface area contributed by atoms with E-state index in [1.165, 1.54) is 14.2 Å². The first-order valence-electron chi connectivity index (χ1n) is 9.44. The van der Waals surface area contributed by atoms with E-state index in [1.54, 1.807) is 23.4 Å². The highest BCUT2D eigenvalue weighted by Gasteiger charge is 2.35. The molecule has 30 heavy (non-hydrogen) atoms. The Morgan fingerprint density at radius 2 is 2.00 bits per heavy atom. The van der Waals surface area contributed by atoms with Gasteiger partial charge in [0.15, 0.2) is 0 Å². The van der Waals surface area contributed by atoms with Crippen molar-refractivity contribution in [2.45, 2.75) is 31.3 Å². The number of rotatable bonds is 6. The lowest BCUT2D eigenvalue weighted by molar-refractivity contribution is -0.144. The average molecular weight is 435 g/mol. The van der Waals surface area contributed by atoms with Gasteiger partial charge >= 0.3 is 18.0 Å². The summed E-state index contributed by atoms with van der Waals surface area (Å²) < 4.78 is 9.39. The number of methoxy groups -OCH3 is 2. The zero-order valence-electron chi connectivity index (χ0n) is 16.7. The summed E-state index contributed by atoms with van der Waals surface area (Å²) in [6.07, 6.45) is 2.24. The smallest absolute Gasteiger partial charge is 0.328 e. The van der Waals surface area contributed by atoms with Gasteiger partial charge in [0.05, 0.1) is 26.2 Å². The molecule has 2 aromatic rings. The van der Waals surface area contributed by atoms with Crippen molar-refractivity contribution in [3.8, 4) is 0 Å². The summed E-state index contributed by atoms with van der Waals surface area (Å²) in [4.78, 5) is 45.9. The second-order valence-corrected chi connectivity index (χ2v) is 7.24. The molecule has 1 aliphatic rings. The van der Waals surface area contributed by atoms with E-state index in [0.717, 1.165) is 17.0 Å². The topological polar surface area (TPSA) is 114 Å². The van der Waals surface area contributed by atoms with Gasteiger partial charge in [-0.2, -0.15) is 0 Å². The third-order valence-electron chi connectivity index (χ3n) is 5.02. The second-order valence-electron chi connectivity index (χ2n) is 6.80. The third-order valence-corrected chi connectivity index (χ3v) is 5.27. The summed E-state index contributed by atoms with van der Waals surface area (Å²) in [5.41, 5.74) is 2.53. The first-order valence-corrected chi connectivity index (χ1v) is 9.81. The van der Waals surface area contributed by atoms with Crippen molar-refractivity contribution in [3.05, 3.63) is 52.6 Å². The summed E-state index contributed by atoms with van der Waals surface area (Å²) in [6, 6.07) is 5.30. The van der Waals surface area contributed by atoms with Crippen molar-refractivity contribution >= 4 is 29.6 Å². The Morgan fingerprint density at radius 3 is 2.67 bits per heavy atom. The normalized spacial score (nSPS) is 16.4. The predicted octanol–water partition coefficient (Wildman–Crippen LogP) is 2.21. The molecule has 160 valence electrons. The number of fused-ring (bicyclic) bond motifs is 1. The highest BCUT2D eigenvalue weighted by atomic mass is 35.5. The van der Waals surface area contributed by atoms with Gasteiger partial charge < -0.3 is 24.7 Å². The van der Waals surface area contributed by atoms with Crippen molar-refractivity contribution in [2.75, 3.05) is 20.8 Å². The average Bonchev–Trinajstić information content (AvgIpc) is 3.24. The number of esters is 2. The number of hydrogen-bond acceptors (Lipinski definition) is 6.